The van der Waals surface area contributed by atoms with Gasteiger partial charge < -0.3 is 4.90 Å². The van der Waals surface area contributed by atoms with E-state index >= 15 is 0 Å². The second kappa shape index (κ2) is 6.63. The van der Waals surface area contributed by atoms with Crippen LogP contribution in [0.4, 0.5) is 0 Å². The molecule has 0 bridgehead atoms. The van der Waals surface area contributed by atoms with E-state index < -0.39 is 0 Å². The Bertz CT molecular complexity index is 253. The lowest BCUT2D eigenvalue weighted by molar-refractivity contribution is -0.129. The van der Waals surface area contributed by atoms with Gasteiger partial charge in [0.2, 0.25) is 5.91 Å². The monoisotopic (exact) mass is 226 g/mol. The zero-order valence-corrected chi connectivity index (χ0v) is 10.4. The van der Waals surface area contributed by atoms with E-state index in [1.807, 2.05) is 14.0 Å². The van der Waals surface area contributed by atoms with Gasteiger partial charge in [-0.2, -0.15) is 0 Å². The predicted molar refractivity (Wildman–Crippen MR) is 63.2 cm³/mol. The summed E-state index contributed by atoms with van der Waals surface area (Å²) in [6.07, 6.45) is 3.19. The van der Waals surface area contributed by atoms with E-state index in [1.54, 1.807) is 4.90 Å². The summed E-state index contributed by atoms with van der Waals surface area (Å²) >= 11 is 0. The van der Waals surface area contributed by atoms with Gasteiger partial charge in [-0.05, 0) is 19.4 Å². The zero-order valence-electron chi connectivity index (χ0n) is 10.4. The lowest BCUT2D eigenvalue weighted by Gasteiger charge is -2.18. The molecule has 0 radical (unpaired) electrons. The third kappa shape index (κ3) is 4.31. The van der Waals surface area contributed by atoms with Crippen molar-refractivity contribution in [3.63, 3.8) is 0 Å². The van der Waals surface area contributed by atoms with Crippen LogP contribution in [0.15, 0.2) is 0 Å². The zero-order chi connectivity index (χ0) is 12.0. The van der Waals surface area contributed by atoms with E-state index in [9.17, 15) is 9.59 Å². The molecule has 1 fully saturated rings. The molecule has 0 aromatic heterocycles. The topological polar surface area (TPSA) is 40.6 Å². The summed E-state index contributed by atoms with van der Waals surface area (Å²) in [5.74, 6) is 0.512. The van der Waals surface area contributed by atoms with Gasteiger partial charge in [0, 0.05) is 33.0 Å². The van der Waals surface area contributed by atoms with Crippen molar-refractivity contribution in [1.82, 2.24) is 9.80 Å². The van der Waals surface area contributed by atoms with Crippen LogP contribution in [0.5, 0.6) is 0 Å². The largest absolute Gasteiger partial charge is 0.345 e. The minimum atomic E-state index is 0.194. The number of ketones is 1. The highest BCUT2D eigenvalue weighted by atomic mass is 16.2. The Labute approximate surface area is 97.6 Å². The number of hydrogen-bond acceptors (Lipinski definition) is 3. The smallest absolute Gasteiger partial charge is 0.236 e. The number of likely N-dealkylation sites (N-methyl/N-ethyl adjacent to an activating group) is 1. The van der Waals surface area contributed by atoms with Crippen LogP contribution in [0.3, 0.4) is 0 Å². The first-order valence-corrected chi connectivity index (χ1v) is 6.11. The van der Waals surface area contributed by atoms with Crippen molar-refractivity contribution >= 4 is 11.7 Å². The molecule has 1 aliphatic heterocycles. The molecule has 0 aromatic rings. The molecule has 1 saturated heterocycles. The Morgan fingerprint density at radius 3 is 2.81 bits per heavy atom. The van der Waals surface area contributed by atoms with Crippen LogP contribution in [-0.2, 0) is 9.59 Å². The van der Waals surface area contributed by atoms with Gasteiger partial charge in [-0.15, -0.1) is 0 Å². The van der Waals surface area contributed by atoms with Crippen LogP contribution < -0.4 is 0 Å². The Kier molecular flexibility index (Phi) is 5.46. The summed E-state index contributed by atoms with van der Waals surface area (Å²) in [6.45, 7) is 5.09. The quantitative estimate of drug-likeness (QED) is 0.699. The maximum absolute atomic E-state index is 11.6. The van der Waals surface area contributed by atoms with Gasteiger partial charge in [-0.1, -0.05) is 6.92 Å². The molecule has 1 rings (SSSR count). The second-order valence-corrected chi connectivity index (χ2v) is 4.44. The van der Waals surface area contributed by atoms with E-state index in [4.69, 9.17) is 0 Å². The number of hydrogen-bond donors (Lipinski definition) is 0. The van der Waals surface area contributed by atoms with Crippen molar-refractivity contribution in [3.05, 3.63) is 0 Å². The van der Waals surface area contributed by atoms with E-state index in [0.29, 0.717) is 25.2 Å². The first-order valence-electron chi connectivity index (χ1n) is 6.11. The van der Waals surface area contributed by atoms with E-state index in [2.05, 4.69) is 4.90 Å². The molecule has 4 nitrogen and oxygen atoms in total. The average molecular weight is 226 g/mol. The Hall–Kier alpha value is -0.900. The summed E-state index contributed by atoms with van der Waals surface area (Å²) in [5, 5.41) is 0. The molecule has 16 heavy (non-hydrogen) atoms. The average Bonchev–Trinajstić information content (AvgIpc) is 2.42. The molecular formula is C12H22N2O2. The summed E-state index contributed by atoms with van der Waals surface area (Å²) in [5.41, 5.74) is 0. The Morgan fingerprint density at radius 2 is 2.12 bits per heavy atom. The third-order valence-electron chi connectivity index (χ3n) is 3.08. The van der Waals surface area contributed by atoms with Crippen molar-refractivity contribution in [1.29, 1.82) is 0 Å². The highest BCUT2D eigenvalue weighted by Gasteiger charge is 2.18. The first-order chi connectivity index (χ1) is 7.63. The SMILES string of the molecule is CCC(=O)CCCN1CCCN(C)C(=O)C1. The van der Waals surface area contributed by atoms with Crippen LogP contribution in [-0.4, -0.2) is 54.7 Å². The molecule has 0 aromatic carbocycles. The molecule has 0 unspecified atom stereocenters. The number of rotatable bonds is 5. The molecule has 0 spiro atoms. The second-order valence-electron chi connectivity index (χ2n) is 4.44. The number of nitrogens with zero attached hydrogens (tertiary/aromatic N) is 2. The molecule has 92 valence electrons. The molecule has 0 atom stereocenters. The van der Waals surface area contributed by atoms with Crippen LogP contribution in [0, 0.1) is 0 Å². The van der Waals surface area contributed by atoms with Gasteiger partial charge in [0.1, 0.15) is 5.78 Å². The van der Waals surface area contributed by atoms with E-state index in [1.165, 1.54) is 0 Å². The molecule has 1 amide bonds. The number of carbonyl (C=O) groups excluding carboxylic acids is 2. The predicted octanol–water partition coefficient (Wildman–Crippen LogP) is 0.910. The molecular weight excluding hydrogens is 204 g/mol. The minimum Gasteiger partial charge on any atom is -0.345 e. The number of Topliss-reactive ketones (excluding diaryl/α,β-unsaturated/α-hetero) is 1. The fourth-order valence-electron chi connectivity index (χ4n) is 1.91. The van der Waals surface area contributed by atoms with Gasteiger partial charge in [-0.25, -0.2) is 0 Å². The van der Waals surface area contributed by atoms with Crippen molar-refractivity contribution < 1.29 is 9.59 Å². The summed E-state index contributed by atoms with van der Waals surface area (Å²) < 4.78 is 0. The molecule has 0 N–H and O–H groups in total. The fraction of sp³-hybridized carbons (Fsp3) is 0.833. The number of carbonyl (C=O) groups is 2. The van der Waals surface area contributed by atoms with Gasteiger partial charge in [0.25, 0.3) is 0 Å². The molecule has 0 saturated carbocycles. The highest BCUT2D eigenvalue weighted by molar-refractivity contribution is 5.78. The summed E-state index contributed by atoms with van der Waals surface area (Å²) in [7, 11) is 1.85. The van der Waals surface area contributed by atoms with Crippen LogP contribution in [0.1, 0.15) is 32.6 Å². The van der Waals surface area contributed by atoms with E-state index in [-0.39, 0.29) is 5.91 Å². The molecule has 1 aliphatic rings. The number of amides is 1. The van der Waals surface area contributed by atoms with Crippen molar-refractivity contribution in [2.45, 2.75) is 32.6 Å². The molecule has 1 heterocycles. The van der Waals surface area contributed by atoms with Gasteiger partial charge in [0.15, 0.2) is 0 Å². The lowest BCUT2D eigenvalue weighted by atomic mass is 10.2. The van der Waals surface area contributed by atoms with Crippen LogP contribution in [0.25, 0.3) is 0 Å². The Balaban J connectivity index is 2.26. The van der Waals surface area contributed by atoms with Crippen molar-refractivity contribution in [3.8, 4) is 0 Å². The van der Waals surface area contributed by atoms with Crippen molar-refractivity contribution in [2.24, 2.45) is 0 Å². The lowest BCUT2D eigenvalue weighted by Crippen LogP contribution is -2.34. The first kappa shape index (κ1) is 13.2. The maximum Gasteiger partial charge on any atom is 0.236 e. The molecule has 4 heteroatoms. The van der Waals surface area contributed by atoms with Gasteiger partial charge in [0.05, 0.1) is 6.54 Å². The van der Waals surface area contributed by atoms with Gasteiger partial charge >= 0.3 is 0 Å². The minimum absolute atomic E-state index is 0.194. The molecule has 0 aliphatic carbocycles. The van der Waals surface area contributed by atoms with E-state index in [0.717, 1.165) is 32.5 Å². The maximum atomic E-state index is 11.6. The third-order valence-corrected chi connectivity index (χ3v) is 3.08. The summed E-state index contributed by atoms with van der Waals surface area (Å²) in [6, 6.07) is 0. The fourth-order valence-corrected chi connectivity index (χ4v) is 1.91. The standard InChI is InChI=1S/C12H22N2O2/c1-3-11(15)6-4-8-14-9-5-7-13(2)12(16)10-14/h3-10H2,1-2H3. The summed E-state index contributed by atoms with van der Waals surface area (Å²) in [4.78, 5) is 26.7. The van der Waals surface area contributed by atoms with Crippen molar-refractivity contribution in [2.75, 3.05) is 33.2 Å². The Morgan fingerprint density at radius 1 is 1.38 bits per heavy atom. The van der Waals surface area contributed by atoms with Gasteiger partial charge in [-0.3, -0.25) is 14.5 Å². The van der Waals surface area contributed by atoms with Crippen LogP contribution >= 0.6 is 0 Å². The normalized spacial score (nSPS) is 18.6. The highest BCUT2D eigenvalue weighted by Crippen LogP contribution is 2.05. The van der Waals surface area contributed by atoms with Crippen LogP contribution in [0.2, 0.25) is 0 Å².